The van der Waals surface area contributed by atoms with Gasteiger partial charge in [-0.25, -0.2) is 28.6 Å². The second kappa shape index (κ2) is 8.95. The van der Waals surface area contributed by atoms with Crippen LogP contribution in [-0.2, 0) is 0 Å². The lowest BCUT2D eigenvalue weighted by Crippen LogP contribution is -2.76. The van der Waals surface area contributed by atoms with Gasteiger partial charge in [0.05, 0.1) is 6.07 Å². The Balaban J connectivity index is 0.000000461. The Morgan fingerprint density at radius 2 is 1.70 bits per heavy atom. The fraction of sp³-hybridized carbons (Fsp3) is 0.238. The fourth-order valence-electron chi connectivity index (χ4n) is 3.33. The minimum Gasteiger partial charge on any atom is -0.452 e. The van der Waals surface area contributed by atoms with Crippen LogP contribution < -0.4 is 34.3 Å². The van der Waals surface area contributed by atoms with Crippen molar-refractivity contribution in [3.8, 4) is 11.5 Å². The zero-order valence-electron chi connectivity index (χ0n) is 16.8. The molecule has 0 fully saturated rings. The second-order valence-corrected chi connectivity index (χ2v) is 7.36. The standard InChI is InChI=1S/C21H21N3O.ClHO4/c1-4-22-16-11-19-18(10-13(16)3)24-21-15-9-7-6-8-14(15)17(23-5-2)12-20(21)25-19;2-1(3,4)5/h6-12,23H,4-5H2,1-3H3;(H,2,3,4,5). The van der Waals surface area contributed by atoms with Gasteiger partial charge in [-0.3, -0.25) is 0 Å². The van der Waals surface area contributed by atoms with Gasteiger partial charge in [0.1, 0.15) is 17.8 Å². The first-order valence-corrected chi connectivity index (χ1v) is 10.6. The number of halogens is 1. The Morgan fingerprint density at radius 3 is 2.33 bits per heavy atom. The van der Waals surface area contributed by atoms with Crippen LogP contribution in [0.15, 0.2) is 46.9 Å². The van der Waals surface area contributed by atoms with Gasteiger partial charge in [0.25, 0.3) is 0 Å². The largest absolute Gasteiger partial charge is 0.452 e. The topological polar surface area (TPSA) is 144 Å². The van der Waals surface area contributed by atoms with E-state index in [4.69, 9.17) is 28.0 Å². The third kappa shape index (κ3) is 5.05. The first-order valence-electron chi connectivity index (χ1n) is 9.40. The molecule has 2 aromatic rings. The minimum absolute atomic E-state index is 0.798. The van der Waals surface area contributed by atoms with E-state index in [-0.39, 0.29) is 0 Å². The van der Waals surface area contributed by atoms with Gasteiger partial charge in [-0.15, -0.1) is 10.2 Å². The number of aryl methyl sites for hydroxylation is 1. The normalized spacial score (nSPS) is 12.3. The van der Waals surface area contributed by atoms with Crippen molar-refractivity contribution in [2.24, 2.45) is 0 Å². The number of nitrogens with zero attached hydrogens (tertiary/aromatic N) is 1. The Morgan fingerprint density at radius 1 is 1.03 bits per heavy atom. The summed E-state index contributed by atoms with van der Waals surface area (Å²) in [6.45, 7) is 8.02. The summed E-state index contributed by atoms with van der Waals surface area (Å²) in [5.41, 5.74) is 4.83. The Labute approximate surface area is 175 Å². The maximum absolute atomic E-state index is 8.49. The number of hydrogen-bond donors (Lipinski definition) is 2. The summed E-state index contributed by atoms with van der Waals surface area (Å²) in [7, 11) is -4.94. The summed E-state index contributed by atoms with van der Waals surface area (Å²) >= 11 is 0. The van der Waals surface area contributed by atoms with Crippen LogP contribution >= 0.6 is 0 Å². The zero-order chi connectivity index (χ0) is 21.9. The van der Waals surface area contributed by atoms with Crippen molar-refractivity contribution in [3.05, 3.63) is 53.4 Å². The molecular formula is C21H22ClN3O5. The summed E-state index contributed by atoms with van der Waals surface area (Å²) in [5.74, 6) is 0.798. The summed E-state index contributed by atoms with van der Waals surface area (Å²) in [4.78, 5) is 8.30. The summed E-state index contributed by atoms with van der Waals surface area (Å²) in [5, 5.41) is 6.79. The van der Waals surface area contributed by atoms with Crippen molar-refractivity contribution < 1.29 is 38.3 Å². The number of aromatic nitrogens is 1. The van der Waals surface area contributed by atoms with Crippen molar-refractivity contribution in [2.75, 3.05) is 18.4 Å². The molecule has 1 aliphatic carbocycles. The van der Waals surface area contributed by atoms with Gasteiger partial charge in [0.15, 0.2) is 11.3 Å². The number of hydrogen-bond acceptors (Lipinski definition) is 7. The van der Waals surface area contributed by atoms with Gasteiger partial charge < -0.3 is 9.73 Å². The highest BCUT2D eigenvalue weighted by atomic mass is 35.7. The molecule has 0 bridgehead atoms. The summed E-state index contributed by atoms with van der Waals surface area (Å²) in [6.07, 6.45) is 0. The van der Waals surface area contributed by atoms with Crippen LogP contribution in [0.4, 0.5) is 5.69 Å². The van der Waals surface area contributed by atoms with Crippen molar-refractivity contribution >= 4 is 27.6 Å². The number of anilines is 1. The van der Waals surface area contributed by atoms with Gasteiger partial charge in [0, 0.05) is 34.6 Å². The molecule has 158 valence electrons. The lowest BCUT2D eigenvalue weighted by atomic mass is 10.1. The Bertz CT molecular complexity index is 1210. The lowest BCUT2D eigenvalue weighted by Gasteiger charge is -2.17. The second-order valence-electron chi connectivity index (χ2n) is 6.60. The Hall–Kier alpha value is -2.75. The van der Waals surface area contributed by atoms with E-state index in [2.05, 4.69) is 61.4 Å². The molecule has 0 spiro atoms. The average Bonchev–Trinajstić information content (AvgIpc) is 2.67. The van der Waals surface area contributed by atoms with Gasteiger partial charge in [-0.1, -0.05) is 24.3 Å². The van der Waals surface area contributed by atoms with Crippen LogP contribution in [0, 0.1) is 17.2 Å². The van der Waals surface area contributed by atoms with E-state index in [1.807, 2.05) is 12.1 Å². The SMILES string of the molecule is CCNc1cc2oc3cc(=[NH+]CC)c(C)cc-3nc2c2ccccc12.[O-][Cl+3]([O-])([O-])[O-]. The molecule has 0 saturated carbocycles. The molecule has 4 rings (SSSR count). The molecule has 8 nitrogen and oxygen atoms in total. The number of fused-ring (bicyclic) bond motifs is 4. The van der Waals surface area contributed by atoms with Crippen LogP contribution in [-0.4, -0.2) is 18.1 Å². The van der Waals surface area contributed by atoms with Crippen molar-refractivity contribution in [1.82, 2.24) is 4.98 Å². The van der Waals surface area contributed by atoms with E-state index in [1.165, 1.54) is 10.9 Å². The fourth-order valence-corrected chi connectivity index (χ4v) is 3.33. The van der Waals surface area contributed by atoms with Gasteiger partial charge in [-0.05, 0) is 26.8 Å². The molecule has 0 atom stereocenters. The smallest absolute Gasteiger partial charge is 0.205 e. The molecule has 30 heavy (non-hydrogen) atoms. The van der Waals surface area contributed by atoms with E-state index in [9.17, 15) is 0 Å². The first-order chi connectivity index (χ1) is 14.2. The highest BCUT2D eigenvalue weighted by Crippen LogP contribution is 2.34. The highest BCUT2D eigenvalue weighted by molar-refractivity contribution is 6.10. The van der Waals surface area contributed by atoms with Crippen LogP contribution in [0.3, 0.4) is 0 Å². The van der Waals surface area contributed by atoms with E-state index in [0.717, 1.165) is 52.1 Å². The molecule has 1 aliphatic heterocycles. The van der Waals surface area contributed by atoms with E-state index in [0.29, 0.717) is 0 Å². The van der Waals surface area contributed by atoms with Crippen molar-refractivity contribution in [1.29, 1.82) is 0 Å². The molecule has 2 N–H and O–H groups in total. The molecule has 0 radical (unpaired) electrons. The van der Waals surface area contributed by atoms with E-state index >= 15 is 0 Å². The third-order valence-corrected chi connectivity index (χ3v) is 4.47. The summed E-state index contributed by atoms with van der Waals surface area (Å²) < 4.78 is 40.2. The first kappa shape index (κ1) is 21.9. The third-order valence-electron chi connectivity index (χ3n) is 4.47. The van der Waals surface area contributed by atoms with E-state index in [1.54, 1.807) is 0 Å². The molecule has 9 heteroatoms. The number of rotatable bonds is 3. The molecule has 2 aromatic carbocycles. The molecule has 0 saturated heterocycles. The monoisotopic (exact) mass is 431 g/mol. The van der Waals surface area contributed by atoms with Gasteiger partial charge >= 0.3 is 0 Å². The molecule has 0 aromatic heterocycles. The maximum atomic E-state index is 8.49. The average molecular weight is 432 g/mol. The number of benzene rings is 3. The quantitative estimate of drug-likeness (QED) is 0.284. The predicted molar refractivity (Wildman–Crippen MR) is 102 cm³/mol. The maximum Gasteiger partial charge on any atom is 0.205 e. The number of nitrogens with one attached hydrogen (secondary N) is 2. The Kier molecular flexibility index (Phi) is 6.55. The summed E-state index contributed by atoms with van der Waals surface area (Å²) in [6, 6.07) is 14.5. The van der Waals surface area contributed by atoms with E-state index < -0.39 is 10.2 Å². The lowest BCUT2D eigenvalue weighted by molar-refractivity contribution is -2.00. The van der Waals surface area contributed by atoms with Crippen LogP contribution in [0.25, 0.3) is 33.3 Å². The van der Waals surface area contributed by atoms with Crippen molar-refractivity contribution in [2.45, 2.75) is 20.8 Å². The molecule has 0 amide bonds. The van der Waals surface area contributed by atoms with Gasteiger partial charge in [-0.2, -0.15) is 0 Å². The molecule has 1 heterocycles. The molecular weight excluding hydrogens is 410 g/mol. The van der Waals surface area contributed by atoms with Gasteiger partial charge in [0.2, 0.25) is 5.36 Å². The minimum atomic E-state index is -4.94. The van der Waals surface area contributed by atoms with Crippen LogP contribution in [0.2, 0.25) is 0 Å². The molecule has 0 unspecified atom stereocenters. The van der Waals surface area contributed by atoms with Crippen LogP contribution in [0.1, 0.15) is 19.4 Å². The molecule has 2 aliphatic rings. The zero-order valence-corrected chi connectivity index (χ0v) is 17.6. The predicted octanol–water partition coefficient (Wildman–Crippen LogP) is -1.93. The highest BCUT2D eigenvalue weighted by Gasteiger charge is 2.15. The van der Waals surface area contributed by atoms with Crippen molar-refractivity contribution in [3.63, 3.8) is 0 Å². The van der Waals surface area contributed by atoms with Crippen LogP contribution in [0.5, 0.6) is 0 Å².